The molecule has 0 radical (unpaired) electrons. The molecule has 0 aliphatic rings. The van der Waals surface area contributed by atoms with Gasteiger partial charge < -0.3 is 0 Å². The van der Waals surface area contributed by atoms with E-state index < -0.39 is 0 Å². The fourth-order valence-corrected chi connectivity index (χ4v) is 0.621. The van der Waals surface area contributed by atoms with Crippen LogP contribution in [0, 0.1) is 0 Å². The third-order valence-electron chi connectivity index (χ3n) is 0.605. The van der Waals surface area contributed by atoms with Crippen LogP contribution in [0.5, 0.6) is 0 Å². The fourth-order valence-electron chi connectivity index (χ4n) is 0.301. The van der Waals surface area contributed by atoms with Crippen LogP contribution in [0.25, 0.3) is 0 Å². The van der Waals surface area contributed by atoms with Crippen LogP contribution in [-0.2, 0) is 0 Å². The molecule has 0 amide bonds. The second-order valence-corrected chi connectivity index (χ2v) is 2.38. The molecule has 0 spiro atoms. The molecular weight excluding hydrogens is 151 g/mol. The minimum atomic E-state index is 1.07. The Morgan fingerprint density at radius 3 is 2.71 bits per heavy atom. The van der Waals surface area contributed by atoms with E-state index in [1.165, 1.54) is 16.9 Å². The molecule has 36 valence electrons. The van der Waals surface area contributed by atoms with Gasteiger partial charge in [0.15, 0.2) is 0 Å². The Morgan fingerprint density at radius 1 is 1.57 bits per heavy atom. The molecule has 0 aliphatic carbocycles. The van der Waals surface area contributed by atoms with Crippen molar-refractivity contribution in [1.82, 2.24) is 9.97 Å². The predicted molar refractivity (Wildman–Crippen MR) is 30.2 cm³/mol. The third kappa shape index (κ3) is 1.28. The molecule has 1 aromatic rings. The normalized spacial score (nSPS) is 8.71. The van der Waals surface area contributed by atoms with Crippen molar-refractivity contribution in [1.29, 1.82) is 0 Å². The van der Waals surface area contributed by atoms with E-state index in [4.69, 9.17) is 0 Å². The maximum absolute atomic E-state index is 3.90. The van der Waals surface area contributed by atoms with Gasteiger partial charge in [0.1, 0.15) is 0 Å². The zero-order valence-corrected chi connectivity index (χ0v) is 6.13. The van der Waals surface area contributed by atoms with Gasteiger partial charge in [-0.2, -0.15) is 0 Å². The Bertz CT molecular complexity index is 140. The molecule has 0 N–H and O–H groups in total. The molecule has 0 fully saturated rings. The zero-order chi connectivity index (χ0) is 5.11. The molecule has 1 aromatic heterocycles. The quantitative estimate of drug-likeness (QED) is 0.438. The number of hydrogen-bond acceptors (Lipinski definition) is 2. The number of nitrogens with zero attached hydrogens (tertiary/aromatic N) is 2. The molecule has 0 bridgehead atoms. The van der Waals surface area contributed by atoms with E-state index in [1.807, 2.05) is 6.07 Å². The summed E-state index contributed by atoms with van der Waals surface area (Å²) in [6, 6.07) is 1.89. The van der Waals surface area contributed by atoms with E-state index in [-0.39, 0.29) is 0 Å². The van der Waals surface area contributed by atoms with Crippen molar-refractivity contribution < 1.29 is 0 Å². The monoisotopic (exact) mass is 156 g/mol. The van der Waals surface area contributed by atoms with Crippen LogP contribution in [0.3, 0.4) is 0 Å². The van der Waals surface area contributed by atoms with E-state index in [0.717, 1.165) is 4.48 Å². The van der Waals surface area contributed by atoms with Crippen molar-refractivity contribution >= 4 is 21.3 Å². The van der Waals surface area contributed by atoms with Gasteiger partial charge in [-0.25, -0.2) is 0 Å². The van der Waals surface area contributed by atoms with Gasteiger partial charge in [-0.15, -0.1) is 0 Å². The molecular formula is C4H5AsN2. The van der Waals surface area contributed by atoms with Crippen LogP contribution < -0.4 is 4.48 Å². The number of aromatic nitrogens is 2. The maximum atomic E-state index is 3.90. The molecule has 7 heavy (non-hydrogen) atoms. The summed E-state index contributed by atoms with van der Waals surface area (Å²) in [6.45, 7) is 0. The Balaban J connectivity index is 3.02. The molecule has 3 heteroatoms. The van der Waals surface area contributed by atoms with Gasteiger partial charge in [-0.1, -0.05) is 0 Å². The first-order valence-electron chi connectivity index (χ1n) is 1.91. The topological polar surface area (TPSA) is 25.8 Å². The molecule has 1 unspecified atom stereocenters. The van der Waals surface area contributed by atoms with Crippen LogP contribution in [0.1, 0.15) is 0 Å². The molecule has 2 nitrogen and oxygen atoms in total. The molecule has 1 heterocycles. The SMILES string of the molecule is [AsH2]c1ccncn1. The molecule has 0 saturated carbocycles. The van der Waals surface area contributed by atoms with E-state index in [2.05, 4.69) is 9.97 Å². The van der Waals surface area contributed by atoms with Gasteiger partial charge >= 0.3 is 49.9 Å². The van der Waals surface area contributed by atoms with E-state index >= 15 is 0 Å². The average Bonchev–Trinajstić information content (AvgIpc) is 1.69. The average molecular weight is 156 g/mol. The van der Waals surface area contributed by atoms with Crippen molar-refractivity contribution in [2.24, 2.45) is 0 Å². The number of hydrogen-bond donors (Lipinski definition) is 0. The van der Waals surface area contributed by atoms with Crippen LogP contribution in [0.4, 0.5) is 0 Å². The Hall–Kier alpha value is -0.362. The molecule has 0 saturated heterocycles. The third-order valence-corrected chi connectivity index (χ3v) is 1.32. The summed E-state index contributed by atoms with van der Waals surface area (Å²) in [5.41, 5.74) is 0. The molecule has 0 aromatic carbocycles. The molecule has 1 rings (SSSR count). The van der Waals surface area contributed by atoms with Crippen molar-refractivity contribution in [2.45, 2.75) is 0 Å². The fraction of sp³-hybridized carbons (Fsp3) is 0. The van der Waals surface area contributed by atoms with E-state index in [9.17, 15) is 0 Å². The van der Waals surface area contributed by atoms with Gasteiger partial charge in [0.25, 0.3) is 0 Å². The van der Waals surface area contributed by atoms with Gasteiger partial charge in [0, 0.05) is 0 Å². The van der Waals surface area contributed by atoms with Crippen LogP contribution in [0.2, 0.25) is 0 Å². The predicted octanol–water partition coefficient (Wildman–Crippen LogP) is -1.27. The molecule has 0 aliphatic heterocycles. The summed E-state index contributed by atoms with van der Waals surface area (Å²) in [4.78, 5) is 7.64. The van der Waals surface area contributed by atoms with Gasteiger partial charge in [-0.05, 0) is 0 Å². The Labute approximate surface area is 50.5 Å². The first-order chi connectivity index (χ1) is 3.39. The van der Waals surface area contributed by atoms with Crippen molar-refractivity contribution in [2.75, 3.05) is 0 Å². The summed E-state index contributed by atoms with van der Waals surface area (Å²) >= 11 is 1.52. The summed E-state index contributed by atoms with van der Waals surface area (Å²) in [5.74, 6) is 0. The van der Waals surface area contributed by atoms with Crippen molar-refractivity contribution in [3.63, 3.8) is 0 Å². The number of rotatable bonds is 0. The molecule has 1 atom stereocenters. The van der Waals surface area contributed by atoms with Gasteiger partial charge in [0.2, 0.25) is 0 Å². The van der Waals surface area contributed by atoms with Crippen molar-refractivity contribution in [3.05, 3.63) is 18.6 Å². The van der Waals surface area contributed by atoms with Crippen LogP contribution in [0.15, 0.2) is 18.6 Å². The van der Waals surface area contributed by atoms with Gasteiger partial charge in [0.05, 0.1) is 0 Å². The van der Waals surface area contributed by atoms with E-state index in [1.54, 1.807) is 12.5 Å². The minimum absolute atomic E-state index is 1.07. The summed E-state index contributed by atoms with van der Waals surface area (Å²) in [7, 11) is 0. The Morgan fingerprint density at radius 2 is 2.43 bits per heavy atom. The zero-order valence-electron chi connectivity index (χ0n) is 3.70. The first kappa shape index (κ1) is 4.79. The summed E-state index contributed by atoms with van der Waals surface area (Å²) < 4.78 is 1.07. The van der Waals surface area contributed by atoms with Crippen LogP contribution in [-0.4, -0.2) is 26.8 Å². The standard InChI is InChI=1S/C4H5AsN2/c5-4-1-2-6-3-7-4/h1-3H,5H2. The van der Waals surface area contributed by atoms with Crippen molar-refractivity contribution in [3.8, 4) is 0 Å². The van der Waals surface area contributed by atoms with Gasteiger partial charge in [-0.3, -0.25) is 0 Å². The summed E-state index contributed by atoms with van der Waals surface area (Å²) in [5, 5.41) is 0. The summed E-state index contributed by atoms with van der Waals surface area (Å²) in [6.07, 6.45) is 3.29. The Kier molecular flexibility index (Phi) is 1.42. The second-order valence-electron chi connectivity index (χ2n) is 1.13. The second kappa shape index (κ2) is 2.08. The first-order valence-corrected chi connectivity index (χ1v) is 3.12. The van der Waals surface area contributed by atoms with Crippen LogP contribution >= 0.6 is 0 Å². The van der Waals surface area contributed by atoms with E-state index in [0.29, 0.717) is 0 Å².